The van der Waals surface area contributed by atoms with Crippen molar-refractivity contribution in [2.45, 2.75) is 6.92 Å². The van der Waals surface area contributed by atoms with Gasteiger partial charge in [0, 0.05) is 30.9 Å². The Morgan fingerprint density at radius 2 is 2.28 bits per heavy atom. The van der Waals surface area contributed by atoms with Crippen molar-refractivity contribution >= 4 is 17.4 Å². The summed E-state index contributed by atoms with van der Waals surface area (Å²) in [4.78, 5) is 23.2. The van der Waals surface area contributed by atoms with E-state index in [-0.39, 0.29) is 18.8 Å². The highest BCUT2D eigenvalue weighted by molar-refractivity contribution is 5.89. The summed E-state index contributed by atoms with van der Waals surface area (Å²) < 4.78 is 0. The maximum absolute atomic E-state index is 11.7. The highest BCUT2D eigenvalue weighted by Crippen LogP contribution is 2.17. The van der Waals surface area contributed by atoms with Crippen LogP contribution in [0.2, 0.25) is 0 Å². The second-order valence-electron chi connectivity index (χ2n) is 3.54. The van der Waals surface area contributed by atoms with Crippen molar-refractivity contribution in [1.82, 2.24) is 4.90 Å². The lowest BCUT2D eigenvalue weighted by Gasteiger charge is -2.20. The molecule has 0 saturated heterocycles. The van der Waals surface area contributed by atoms with Gasteiger partial charge in [-0.3, -0.25) is 10.1 Å². The van der Waals surface area contributed by atoms with Crippen LogP contribution < -0.4 is 5.32 Å². The van der Waals surface area contributed by atoms with Gasteiger partial charge in [0.1, 0.15) is 0 Å². The third-order valence-electron chi connectivity index (χ3n) is 2.35. The maximum atomic E-state index is 11.7. The molecule has 1 rings (SSSR count). The molecule has 0 spiro atoms. The number of amides is 2. The molecule has 18 heavy (non-hydrogen) atoms. The average molecular weight is 253 g/mol. The first-order valence-corrected chi connectivity index (χ1v) is 5.49. The molecule has 0 aliphatic heterocycles. The van der Waals surface area contributed by atoms with Crippen molar-refractivity contribution < 1.29 is 14.8 Å². The monoisotopic (exact) mass is 253 g/mol. The number of hydrogen-bond donors (Lipinski definition) is 2. The smallest absolute Gasteiger partial charge is 0.321 e. The Kier molecular flexibility index (Phi) is 5.06. The number of non-ortho nitro benzene ring substituents is 1. The molecule has 0 radical (unpaired) electrons. The highest BCUT2D eigenvalue weighted by Gasteiger charge is 2.12. The number of nitrogens with zero attached hydrogens (tertiary/aromatic N) is 2. The van der Waals surface area contributed by atoms with Gasteiger partial charge in [-0.2, -0.15) is 0 Å². The Morgan fingerprint density at radius 1 is 1.56 bits per heavy atom. The second-order valence-corrected chi connectivity index (χ2v) is 3.54. The van der Waals surface area contributed by atoms with E-state index in [2.05, 4.69) is 5.32 Å². The molecule has 0 aromatic heterocycles. The first kappa shape index (κ1) is 13.9. The second kappa shape index (κ2) is 6.55. The Morgan fingerprint density at radius 3 is 2.83 bits per heavy atom. The minimum Gasteiger partial charge on any atom is -0.395 e. The molecule has 0 heterocycles. The van der Waals surface area contributed by atoms with Gasteiger partial charge in [-0.1, -0.05) is 6.07 Å². The lowest BCUT2D eigenvalue weighted by atomic mass is 10.3. The lowest BCUT2D eigenvalue weighted by molar-refractivity contribution is -0.384. The number of benzene rings is 1. The molecule has 98 valence electrons. The van der Waals surface area contributed by atoms with E-state index >= 15 is 0 Å². The van der Waals surface area contributed by atoms with Crippen LogP contribution in [0.1, 0.15) is 6.92 Å². The Balaban J connectivity index is 2.74. The van der Waals surface area contributed by atoms with Gasteiger partial charge in [0.25, 0.3) is 5.69 Å². The molecule has 2 amide bonds. The quantitative estimate of drug-likeness (QED) is 0.613. The Labute approximate surface area is 104 Å². The van der Waals surface area contributed by atoms with E-state index in [0.29, 0.717) is 12.2 Å². The number of nitro groups is 1. The minimum atomic E-state index is -0.527. The summed E-state index contributed by atoms with van der Waals surface area (Å²) in [5.41, 5.74) is 0.267. The first-order valence-electron chi connectivity index (χ1n) is 5.49. The largest absolute Gasteiger partial charge is 0.395 e. The van der Waals surface area contributed by atoms with E-state index in [9.17, 15) is 14.9 Å². The summed E-state index contributed by atoms with van der Waals surface area (Å²) in [6.07, 6.45) is 0. The lowest BCUT2D eigenvalue weighted by Crippen LogP contribution is -2.36. The first-order chi connectivity index (χ1) is 8.58. The van der Waals surface area contributed by atoms with Crippen molar-refractivity contribution in [3.8, 4) is 0 Å². The van der Waals surface area contributed by atoms with Gasteiger partial charge in [-0.25, -0.2) is 4.79 Å². The van der Waals surface area contributed by atoms with Crippen LogP contribution in [0.4, 0.5) is 16.2 Å². The number of hydrogen-bond acceptors (Lipinski definition) is 4. The molecular weight excluding hydrogens is 238 g/mol. The van der Waals surface area contributed by atoms with Crippen LogP contribution in [0.25, 0.3) is 0 Å². The molecule has 1 aromatic carbocycles. The van der Waals surface area contributed by atoms with Crippen LogP contribution in [-0.2, 0) is 0 Å². The minimum absolute atomic E-state index is 0.0852. The molecular formula is C11H15N3O4. The molecule has 1 aromatic rings. The molecule has 7 nitrogen and oxygen atoms in total. The van der Waals surface area contributed by atoms with E-state index in [1.54, 1.807) is 13.0 Å². The van der Waals surface area contributed by atoms with Crippen molar-refractivity contribution in [2.24, 2.45) is 0 Å². The van der Waals surface area contributed by atoms with Crippen LogP contribution in [-0.4, -0.2) is 40.7 Å². The Hall–Kier alpha value is -2.15. The van der Waals surface area contributed by atoms with Gasteiger partial charge < -0.3 is 15.3 Å². The topological polar surface area (TPSA) is 95.7 Å². The highest BCUT2D eigenvalue weighted by atomic mass is 16.6. The molecule has 2 N–H and O–H groups in total. The van der Waals surface area contributed by atoms with Gasteiger partial charge in [-0.05, 0) is 13.0 Å². The van der Waals surface area contributed by atoms with Crippen LogP contribution in [0, 0.1) is 10.1 Å². The molecule has 0 bridgehead atoms. The van der Waals surface area contributed by atoms with Crippen LogP contribution >= 0.6 is 0 Å². The molecule has 0 aliphatic rings. The van der Waals surface area contributed by atoms with Gasteiger partial charge in [0.05, 0.1) is 11.5 Å². The summed E-state index contributed by atoms with van der Waals surface area (Å²) in [5, 5.41) is 21.9. The predicted octanol–water partition coefficient (Wildman–Crippen LogP) is 1.44. The number of rotatable bonds is 5. The number of anilines is 1. The summed E-state index contributed by atoms with van der Waals surface area (Å²) in [6, 6.07) is 5.30. The van der Waals surface area contributed by atoms with Crippen LogP contribution in [0.15, 0.2) is 24.3 Å². The molecule has 0 saturated carbocycles. The predicted molar refractivity (Wildman–Crippen MR) is 66.4 cm³/mol. The van der Waals surface area contributed by atoms with E-state index < -0.39 is 11.0 Å². The third-order valence-corrected chi connectivity index (χ3v) is 2.35. The zero-order valence-corrected chi connectivity index (χ0v) is 10.00. The molecule has 0 fully saturated rings. The van der Waals surface area contributed by atoms with Crippen molar-refractivity contribution in [1.29, 1.82) is 0 Å². The number of carbonyl (C=O) groups excluding carboxylic acids is 1. The molecule has 0 aliphatic carbocycles. The number of aliphatic hydroxyl groups is 1. The summed E-state index contributed by atoms with van der Waals surface area (Å²) in [7, 11) is 0. The molecule has 0 atom stereocenters. The summed E-state index contributed by atoms with van der Waals surface area (Å²) in [6.45, 7) is 2.32. The normalized spacial score (nSPS) is 9.89. The zero-order chi connectivity index (χ0) is 13.5. The molecule has 7 heteroatoms. The van der Waals surface area contributed by atoms with Crippen molar-refractivity contribution in [3.05, 3.63) is 34.4 Å². The van der Waals surface area contributed by atoms with Crippen LogP contribution in [0.5, 0.6) is 0 Å². The van der Waals surface area contributed by atoms with E-state index in [0.717, 1.165) is 0 Å². The van der Waals surface area contributed by atoms with Gasteiger partial charge in [0.2, 0.25) is 0 Å². The number of carbonyl (C=O) groups is 1. The summed E-state index contributed by atoms with van der Waals surface area (Å²) in [5.74, 6) is 0. The number of nitro benzene ring substituents is 1. The fourth-order valence-electron chi connectivity index (χ4n) is 1.42. The maximum Gasteiger partial charge on any atom is 0.321 e. The Bertz CT molecular complexity index is 436. The molecule has 0 unspecified atom stereocenters. The van der Waals surface area contributed by atoms with Gasteiger partial charge >= 0.3 is 6.03 Å². The van der Waals surface area contributed by atoms with Crippen molar-refractivity contribution in [2.75, 3.05) is 25.0 Å². The SMILES string of the molecule is CCN(CCO)C(=O)Nc1cccc([N+](=O)[O-])c1. The van der Waals surface area contributed by atoms with E-state index in [1.165, 1.54) is 23.1 Å². The fourth-order valence-corrected chi connectivity index (χ4v) is 1.42. The number of likely N-dealkylation sites (N-methyl/N-ethyl adjacent to an activating group) is 1. The standard InChI is InChI=1S/C11H15N3O4/c1-2-13(6-7-15)11(16)12-9-4-3-5-10(8-9)14(17)18/h3-5,8,15H,2,6-7H2,1H3,(H,12,16). The number of aliphatic hydroxyl groups excluding tert-OH is 1. The number of urea groups is 1. The fraction of sp³-hybridized carbons (Fsp3) is 0.364. The van der Waals surface area contributed by atoms with Crippen molar-refractivity contribution in [3.63, 3.8) is 0 Å². The summed E-state index contributed by atoms with van der Waals surface area (Å²) >= 11 is 0. The van der Waals surface area contributed by atoms with Gasteiger partial charge in [0.15, 0.2) is 0 Å². The number of nitrogens with one attached hydrogen (secondary N) is 1. The average Bonchev–Trinajstić information content (AvgIpc) is 2.36. The third kappa shape index (κ3) is 3.70. The van der Waals surface area contributed by atoms with Gasteiger partial charge in [-0.15, -0.1) is 0 Å². The zero-order valence-electron chi connectivity index (χ0n) is 10.00. The van der Waals surface area contributed by atoms with Crippen LogP contribution in [0.3, 0.4) is 0 Å². The van der Waals surface area contributed by atoms with E-state index in [1.807, 2.05) is 0 Å². The van der Waals surface area contributed by atoms with E-state index in [4.69, 9.17) is 5.11 Å².